The van der Waals surface area contributed by atoms with E-state index in [0.717, 1.165) is 0 Å². The van der Waals surface area contributed by atoms with E-state index in [1.165, 1.54) is 18.3 Å². The van der Waals surface area contributed by atoms with E-state index in [1.54, 1.807) is 0 Å². The van der Waals surface area contributed by atoms with E-state index in [-0.39, 0.29) is 15.9 Å². The summed E-state index contributed by atoms with van der Waals surface area (Å²) in [4.78, 5) is 14.7. The maximum atomic E-state index is 11.1. The van der Waals surface area contributed by atoms with Crippen LogP contribution in [0.3, 0.4) is 0 Å². The Bertz CT molecular complexity index is 386. The first-order valence-electron chi connectivity index (χ1n) is 3.16. The highest BCUT2D eigenvalue weighted by Crippen LogP contribution is 2.16. The van der Waals surface area contributed by atoms with Gasteiger partial charge in [0.2, 0.25) is 0 Å². The summed E-state index contributed by atoms with van der Waals surface area (Å²) in [5.74, 6) is -0.671. The van der Waals surface area contributed by atoms with Crippen LogP contribution in [0.15, 0.2) is 12.1 Å². The number of carbonyl (C=O) groups is 1. The SMILES string of the molecule is N#CNC(=O)c1nc(Cl)ccc1Cl. The van der Waals surface area contributed by atoms with Crippen molar-refractivity contribution in [1.82, 2.24) is 10.3 Å². The van der Waals surface area contributed by atoms with Crippen LogP contribution in [-0.4, -0.2) is 10.9 Å². The van der Waals surface area contributed by atoms with Gasteiger partial charge in [0.15, 0.2) is 6.19 Å². The molecule has 13 heavy (non-hydrogen) atoms. The average molecular weight is 216 g/mol. The van der Waals surface area contributed by atoms with E-state index in [4.69, 9.17) is 28.5 Å². The molecule has 0 fully saturated rings. The number of hydrogen-bond acceptors (Lipinski definition) is 3. The third-order valence-corrected chi connectivity index (χ3v) is 1.71. The molecule has 1 N–H and O–H groups in total. The van der Waals surface area contributed by atoms with Crippen LogP contribution in [0.25, 0.3) is 0 Å². The Balaban J connectivity index is 3.07. The number of rotatable bonds is 1. The molecule has 0 saturated carbocycles. The van der Waals surface area contributed by atoms with Gasteiger partial charge in [0, 0.05) is 0 Å². The third-order valence-electron chi connectivity index (χ3n) is 1.20. The van der Waals surface area contributed by atoms with Crippen molar-refractivity contribution in [1.29, 1.82) is 5.26 Å². The van der Waals surface area contributed by atoms with Crippen LogP contribution in [0.5, 0.6) is 0 Å². The molecule has 1 amide bonds. The lowest BCUT2D eigenvalue weighted by Crippen LogP contribution is -2.19. The molecule has 4 nitrogen and oxygen atoms in total. The summed E-state index contributed by atoms with van der Waals surface area (Å²) in [6, 6.07) is 2.89. The summed E-state index contributed by atoms with van der Waals surface area (Å²) in [6.07, 6.45) is 1.47. The maximum Gasteiger partial charge on any atom is 0.284 e. The van der Waals surface area contributed by atoms with Crippen molar-refractivity contribution in [3.63, 3.8) is 0 Å². The standard InChI is InChI=1S/C7H3Cl2N3O/c8-4-1-2-5(9)12-6(4)7(13)11-3-10/h1-2H,(H,11,13). The summed E-state index contributed by atoms with van der Waals surface area (Å²) in [7, 11) is 0. The predicted molar refractivity (Wildman–Crippen MR) is 47.3 cm³/mol. The van der Waals surface area contributed by atoms with Crippen LogP contribution < -0.4 is 5.32 Å². The van der Waals surface area contributed by atoms with E-state index in [2.05, 4.69) is 4.98 Å². The van der Waals surface area contributed by atoms with Gasteiger partial charge in [-0.25, -0.2) is 4.98 Å². The monoisotopic (exact) mass is 215 g/mol. The van der Waals surface area contributed by atoms with E-state index in [1.807, 2.05) is 5.32 Å². The second-order valence-electron chi connectivity index (χ2n) is 2.03. The van der Waals surface area contributed by atoms with Gasteiger partial charge in [-0.1, -0.05) is 23.2 Å². The molecule has 0 unspecified atom stereocenters. The lowest BCUT2D eigenvalue weighted by atomic mass is 10.3. The molecular weight excluding hydrogens is 213 g/mol. The molecule has 1 aromatic rings. The number of pyridine rings is 1. The summed E-state index contributed by atoms with van der Waals surface area (Å²) in [6.45, 7) is 0. The molecule has 0 aliphatic carbocycles. The maximum absolute atomic E-state index is 11.1. The molecule has 0 bridgehead atoms. The average Bonchev–Trinajstić information content (AvgIpc) is 2.09. The summed E-state index contributed by atoms with van der Waals surface area (Å²) in [5, 5.41) is 10.4. The Hall–Kier alpha value is -1.31. The number of amides is 1. The van der Waals surface area contributed by atoms with Gasteiger partial charge in [-0.05, 0) is 12.1 Å². The first-order chi connectivity index (χ1) is 6.15. The summed E-state index contributed by atoms with van der Waals surface area (Å²) in [5.41, 5.74) is -0.0595. The van der Waals surface area contributed by atoms with E-state index >= 15 is 0 Å². The first kappa shape index (κ1) is 9.78. The number of halogens is 2. The van der Waals surface area contributed by atoms with Gasteiger partial charge in [0.25, 0.3) is 5.91 Å². The fourth-order valence-corrected chi connectivity index (χ4v) is 1.03. The zero-order valence-electron chi connectivity index (χ0n) is 6.21. The molecule has 66 valence electrons. The molecule has 1 heterocycles. The zero-order valence-corrected chi connectivity index (χ0v) is 7.73. The molecule has 0 radical (unpaired) electrons. The molecule has 0 aliphatic heterocycles. The molecule has 0 aromatic carbocycles. The summed E-state index contributed by atoms with van der Waals surface area (Å²) >= 11 is 11.2. The molecule has 0 saturated heterocycles. The van der Waals surface area contributed by atoms with Gasteiger partial charge in [-0.15, -0.1) is 0 Å². The van der Waals surface area contributed by atoms with Crippen molar-refractivity contribution in [2.75, 3.05) is 0 Å². The fraction of sp³-hybridized carbons (Fsp3) is 0. The lowest BCUT2D eigenvalue weighted by Gasteiger charge is -1.99. The van der Waals surface area contributed by atoms with E-state index in [9.17, 15) is 4.79 Å². The van der Waals surface area contributed by atoms with Crippen molar-refractivity contribution >= 4 is 29.1 Å². The van der Waals surface area contributed by atoms with Gasteiger partial charge in [-0.2, -0.15) is 5.26 Å². The molecule has 6 heteroatoms. The molecule has 0 atom stereocenters. The number of nitriles is 1. The Kier molecular flexibility index (Phi) is 3.07. The van der Waals surface area contributed by atoms with Gasteiger partial charge in [0.05, 0.1) is 5.02 Å². The molecular formula is C7H3Cl2N3O. The lowest BCUT2D eigenvalue weighted by molar-refractivity contribution is 0.0968. The van der Waals surface area contributed by atoms with Crippen LogP contribution in [0.1, 0.15) is 10.5 Å². The van der Waals surface area contributed by atoms with Crippen molar-refractivity contribution in [3.8, 4) is 6.19 Å². The highest BCUT2D eigenvalue weighted by Gasteiger charge is 2.11. The quantitative estimate of drug-likeness (QED) is 0.440. The molecule has 1 aromatic heterocycles. The van der Waals surface area contributed by atoms with Crippen LogP contribution in [0.2, 0.25) is 10.2 Å². The second-order valence-corrected chi connectivity index (χ2v) is 2.82. The normalized spacial score (nSPS) is 9.00. The number of aromatic nitrogens is 1. The topological polar surface area (TPSA) is 65.8 Å². The number of nitrogens with one attached hydrogen (secondary N) is 1. The molecule has 0 aliphatic rings. The minimum Gasteiger partial charge on any atom is -0.266 e. The Morgan fingerprint density at radius 2 is 2.23 bits per heavy atom. The first-order valence-corrected chi connectivity index (χ1v) is 3.92. The zero-order chi connectivity index (χ0) is 9.84. The smallest absolute Gasteiger partial charge is 0.266 e. The number of carbonyl (C=O) groups excluding carboxylic acids is 1. The van der Waals surface area contributed by atoms with Gasteiger partial charge in [0.1, 0.15) is 10.8 Å². The highest BCUT2D eigenvalue weighted by molar-refractivity contribution is 6.34. The Morgan fingerprint density at radius 1 is 1.54 bits per heavy atom. The minimum absolute atomic E-state index is 0.0595. The molecule has 0 spiro atoms. The van der Waals surface area contributed by atoms with Crippen molar-refractivity contribution in [2.45, 2.75) is 0 Å². The van der Waals surface area contributed by atoms with Crippen LogP contribution in [-0.2, 0) is 0 Å². The van der Waals surface area contributed by atoms with Crippen molar-refractivity contribution in [3.05, 3.63) is 28.0 Å². The Morgan fingerprint density at radius 3 is 2.85 bits per heavy atom. The summed E-state index contributed by atoms with van der Waals surface area (Å²) < 4.78 is 0. The van der Waals surface area contributed by atoms with Gasteiger partial charge >= 0.3 is 0 Å². The van der Waals surface area contributed by atoms with Crippen molar-refractivity contribution < 1.29 is 4.79 Å². The third kappa shape index (κ3) is 2.31. The Labute approximate surface area is 84.1 Å². The van der Waals surface area contributed by atoms with E-state index in [0.29, 0.717) is 0 Å². The van der Waals surface area contributed by atoms with E-state index < -0.39 is 5.91 Å². The van der Waals surface area contributed by atoms with Gasteiger partial charge in [-0.3, -0.25) is 10.1 Å². The van der Waals surface area contributed by atoms with Crippen LogP contribution in [0, 0.1) is 11.5 Å². The minimum atomic E-state index is -0.671. The van der Waals surface area contributed by atoms with Gasteiger partial charge < -0.3 is 0 Å². The van der Waals surface area contributed by atoms with Crippen molar-refractivity contribution in [2.24, 2.45) is 0 Å². The largest absolute Gasteiger partial charge is 0.284 e. The molecule has 1 rings (SSSR count). The van der Waals surface area contributed by atoms with Crippen LogP contribution in [0.4, 0.5) is 0 Å². The fourth-order valence-electron chi connectivity index (χ4n) is 0.688. The second kappa shape index (κ2) is 4.08. The van der Waals surface area contributed by atoms with Crippen LogP contribution >= 0.6 is 23.2 Å². The number of nitrogens with zero attached hydrogens (tertiary/aromatic N) is 2. The predicted octanol–water partition coefficient (Wildman–Crippen LogP) is 1.60. The number of hydrogen-bond donors (Lipinski definition) is 1. The highest BCUT2D eigenvalue weighted by atomic mass is 35.5.